The minimum atomic E-state index is -0.521. The molecule has 2 aliphatic rings. The second kappa shape index (κ2) is 13.6. The number of carbonyl (C=O) groups is 1. The monoisotopic (exact) mass is 581 g/mol. The number of ether oxygens (including phenoxy) is 4. The highest BCUT2D eigenvalue weighted by atomic mass is 32.2. The minimum Gasteiger partial charge on any atom is -0.441 e. The molecule has 6 rings (SSSR count). The quantitative estimate of drug-likeness (QED) is 0.190. The van der Waals surface area contributed by atoms with E-state index in [1.54, 1.807) is 16.7 Å². The summed E-state index contributed by atoms with van der Waals surface area (Å²) in [5.74, 6) is 0. The summed E-state index contributed by atoms with van der Waals surface area (Å²) >= 11 is 1.61. The lowest BCUT2D eigenvalue weighted by molar-refractivity contribution is -0.192. The Balaban J connectivity index is 1.28. The molecule has 4 aromatic rings. The van der Waals surface area contributed by atoms with Gasteiger partial charge in [0.05, 0.1) is 19.8 Å². The molecule has 0 bridgehead atoms. The predicted octanol–water partition coefficient (Wildman–Crippen LogP) is 7.00. The van der Waals surface area contributed by atoms with Crippen molar-refractivity contribution in [3.63, 3.8) is 0 Å². The molecule has 0 aliphatic carbocycles. The molecule has 0 unspecified atom stereocenters. The molecule has 0 N–H and O–H groups in total. The molecule has 216 valence electrons. The van der Waals surface area contributed by atoms with Gasteiger partial charge in [-0.3, -0.25) is 4.90 Å². The van der Waals surface area contributed by atoms with Crippen molar-refractivity contribution in [1.29, 1.82) is 0 Å². The highest BCUT2D eigenvalue weighted by Gasteiger charge is 2.57. The second-order valence-corrected chi connectivity index (χ2v) is 11.9. The molecule has 7 heteroatoms. The molecule has 6 nitrogen and oxygen atoms in total. The van der Waals surface area contributed by atoms with Gasteiger partial charge in [0, 0.05) is 11.4 Å². The molecule has 2 fully saturated rings. The number of hydrogen-bond donors (Lipinski definition) is 0. The normalized spacial score (nSPS) is 23.4. The molecule has 2 saturated heterocycles. The van der Waals surface area contributed by atoms with Gasteiger partial charge < -0.3 is 18.9 Å². The number of thioether (sulfide) groups is 1. The first-order valence-corrected chi connectivity index (χ1v) is 15.2. The van der Waals surface area contributed by atoms with Crippen molar-refractivity contribution in [2.45, 2.75) is 61.4 Å². The van der Waals surface area contributed by atoms with Crippen molar-refractivity contribution >= 4 is 17.9 Å². The summed E-state index contributed by atoms with van der Waals surface area (Å²) in [5, 5.41) is 0. The van der Waals surface area contributed by atoms with Gasteiger partial charge in [-0.15, -0.1) is 0 Å². The van der Waals surface area contributed by atoms with E-state index < -0.39 is 18.3 Å². The lowest BCUT2D eigenvalue weighted by Crippen LogP contribution is -2.60. The van der Waals surface area contributed by atoms with Crippen LogP contribution in [-0.4, -0.2) is 47.4 Å². The Morgan fingerprint density at radius 1 is 0.762 bits per heavy atom. The Hall–Kier alpha value is -3.62. The van der Waals surface area contributed by atoms with Crippen LogP contribution in [0.2, 0.25) is 0 Å². The van der Waals surface area contributed by atoms with Crippen LogP contribution in [0.15, 0.2) is 120 Å². The van der Waals surface area contributed by atoms with E-state index in [0.29, 0.717) is 26.4 Å². The van der Waals surface area contributed by atoms with Crippen LogP contribution in [0.3, 0.4) is 0 Å². The number of nitrogens with zero attached hydrogens (tertiary/aromatic N) is 1. The van der Waals surface area contributed by atoms with Crippen LogP contribution >= 0.6 is 11.8 Å². The van der Waals surface area contributed by atoms with Crippen molar-refractivity contribution in [2.24, 2.45) is 0 Å². The molecule has 5 atom stereocenters. The highest BCUT2D eigenvalue weighted by molar-refractivity contribution is 7.99. The molecule has 42 heavy (non-hydrogen) atoms. The van der Waals surface area contributed by atoms with Crippen molar-refractivity contribution in [3.8, 4) is 0 Å². The van der Waals surface area contributed by atoms with Crippen LogP contribution in [0.4, 0.5) is 4.79 Å². The number of amides is 1. The number of fused-ring (bicyclic) bond motifs is 1. The van der Waals surface area contributed by atoms with Gasteiger partial charge in [-0.05, 0) is 35.7 Å². The van der Waals surface area contributed by atoms with E-state index in [2.05, 4.69) is 31.2 Å². The van der Waals surface area contributed by atoms with E-state index >= 15 is 0 Å². The zero-order valence-corrected chi connectivity index (χ0v) is 24.4. The van der Waals surface area contributed by atoms with Crippen molar-refractivity contribution < 1.29 is 23.7 Å². The van der Waals surface area contributed by atoms with Crippen LogP contribution < -0.4 is 0 Å². The molecule has 1 amide bonds. The van der Waals surface area contributed by atoms with Gasteiger partial charge in [0.25, 0.3) is 0 Å². The maximum Gasteiger partial charge on any atom is 0.411 e. The molecular formula is C35H35NO5S. The van der Waals surface area contributed by atoms with Crippen molar-refractivity contribution in [1.82, 2.24) is 4.90 Å². The number of benzene rings is 4. The molecule has 2 heterocycles. The van der Waals surface area contributed by atoms with Crippen LogP contribution in [0.5, 0.6) is 0 Å². The van der Waals surface area contributed by atoms with Gasteiger partial charge in [0.15, 0.2) is 6.10 Å². The van der Waals surface area contributed by atoms with Crippen LogP contribution in [-0.2, 0) is 38.7 Å². The Bertz CT molecular complexity index is 1420. The van der Waals surface area contributed by atoms with Crippen molar-refractivity contribution in [2.75, 3.05) is 6.61 Å². The molecule has 2 aliphatic heterocycles. The lowest BCUT2D eigenvalue weighted by Gasteiger charge is -2.43. The maximum absolute atomic E-state index is 13.5. The van der Waals surface area contributed by atoms with Gasteiger partial charge in [0.2, 0.25) is 0 Å². The second-order valence-electron chi connectivity index (χ2n) is 10.7. The molecule has 0 aromatic heterocycles. The minimum absolute atomic E-state index is 0.304. The average Bonchev–Trinajstić information content (AvgIpc) is 3.35. The smallest absolute Gasteiger partial charge is 0.411 e. The zero-order chi connectivity index (χ0) is 28.7. The van der Waals surface area contributed by atoms with Gasteiger partial charge >= 0.3 is 6.09 Å². The standard InChI is InChI=1S/C35H35NO5S/c1-25-17-19-29(20-18-25)42-34-31-33(41-35(37)36(31)21-26-11-5-2-6-12-26)32(39-23-28-15-9-4-10-16-28)30(40-34)24-38-22-27-13-7-3-8-14-27/h2-20,30-34H,21-24H2,1H3/t30-,31-,32-,33-,34+/m1/s1. The maximum atomic E-state index is 13.5. The number of rotatable bonds is 11. The zero-order valence-electron chi connectivity index (χ0n) is 23.6. The number of hydrogen-bond acceptors (Lipinski definition) is 6. The summed E-state index contributed by atoms with van der Waals surface area (Å²) in [6.45, 7) is 3.63. The molecule has 0 radical (unpaired) electrons. The van der Waals surface area contributed by atoms with E-state index in [4.69, 9.17) is 18.9 Å². The highest BCUT2D eigenvalue weighted by Crippen LogP contribution is 2.42. The molecule has 0 spiro atoms. The van der Waals surface area contributed by atoms with E-state index in [9.17, 15) is 4.79 Å². The van der Waals surface area contributed by atoms with Crippen molar-refractivity contribution in [3.05, 3.63) is 138 Å². The molecule has 4 aromatic carbocycles. The van der Waals surface area contributed by atoms with Gasteiger partial charge in [-0.25, -0.2) is 4.79 Å². The van der Waals surface area contributed by atoms with Gasteiger partial charge in [-0.1, -0.05) is 120 Å². The molecular weight excluding hydrogens is 546 g/mol. The predicted molar refractivity (Wildman–Crippen MR) is 163 cm³/mol. The summed E-state index contributed by atoms with van der Waals surface area (Å²) in [6, 6.07) is 38.1. The fraction of sp³-hybridized carbons (Fsp3) is 0.286. The SMILES string of the molecule is Cc1ccc(S[C@@H]2O[C@H](COCc3ccccc3)[C@@H](OCc3ccccc3)[C@@H]3OC(=O)N(Cc4ccccc4)[C@H]32)cc1. The Morgan fingerprint density at radius 2 is 1.36 bits per heavy atom. The first kappa shape index (κ1) is 28.5. The van der Waals surface area contributed by atoms with Gasteiger partial charge in [0.1, 0.15) is 23.7 Å². The number of aryl methyl sites for hydroxylation is 1. The Morgan fingerprint density at radius 3 is 2.00 bits per heavy atom. The van der Waals surface area contributed by atoms with E-state index in [-0.39, 0.29) is 17.6 Å². The third kappa shape index (κ3) is 6.88. The largest absolute Gasteiger partial charge is 0.441 e. The lowest BCUT2D eigenvalue weighted by atomic mass is 9.97. The van der Waals surface area contributed by atoms with E-state index in [1.807, 2.05) is 91.0 Å². The molecule has 0 saturated carbocycles. The van der Waals surface area contributed by atoms with Crippen LogP contribution in [0.25, 0.3) is 0 Å². The van der Waals surface area contributed by atoms with Crippen LogP contribution in [0, 0.1) is 6.92 Å². The summed E-state index contributed by atoms with van der Waals surface area (Å²) in [7, 11) is 0. The van der Waals surface area contributed by atoms with E-state index in [1.165, 1.54) is 5.56 Å². The summed E-state index contributed by atoms with van der Waals surface area (Å²) in [6.07, 6.45) is -1.82. The average molecular weight is 582 g/mol. The summed E-state index contributed by atoms with van der Waals surface area (Å²) in [4.78, 5) is 16.3. The Labute approximate surface area is 251 Å². The first-order valence-electron chi connectivity index (χ1n) is 14.3. The summed E-state index contributed by atoms with van der Waals surface area (Å²) < 4.78 is 25.7. The first-order chi connectivity index (χ1) is 20.6. The fourth-order valence-corrected chi connectivity index (χ4v) is 6.63. The third-order valence-corrected chi connectivity index (χ3v) is 8.76. The van der Waals surface area contributed by atoms with Crippen LogP contribution in [0.1, 0.15) is 22.3 Å². The fourth-order valence-electron chi connectivity index (χ4n) is 5.43. The Kier molecular flexibility index (Phi) is 9.21. The third-order valence-electron chi connectivity index (χ3n) is 7.59. The number of carbonyl (C=O) groups excluding carboxylic acids is 1. The summed E-state index contributed by atoms with van der Waals surface area (Å²) in [5.41, 5.74) is 3.96. The topological polar surface area (TPSA) is 57.2 Å². The van der Waals surface area contributed by atoms with Gasteiger partial charge in [-0.2, -0.15) is 0 Å². The van der Waals surface area contributed by atoms with E-state index in [0.717, 1.165) is 21.6 Å².